The van der Waals surface area contributed by atoms with E-state index in [0.29, 0.717) is 47.4 Å². The summed E-state index contributed by atoms with van der Waals surface area (Å²) in [5.41, 5.74) is 1.99. The van der Waals surface area contributed by atoms with E-state index in [0.717, 1.165) is 5.75 Å². The van der Waals surface area contributed by atoms with E-state index in [9.17, 15) is 14.4 Å². The van der Waals surface area contributed by atoms with Gasteiger partial charge in [0.15, 0.2) is 11.6 Å². The van der Waals surface area contributed by atoms with Gasteiger partial charge in [0.25, 0.3) is 0 Å². The maximum atomic E-state index is 12.8. The van der Waals surface area contributed by atoms with Gasteiger partial charge in [-0.2, -0.15) is 0 Å². The Kier molecular flexibility index (Phi) is 5.20. The van der Waals surface area contributed by atoms with Crippen LogP contribution in [-0.4, -0.2) is 24.1 Å². The van der Waals surface area contributed by atoms with Crippen LogP contribution in [0.25, 0.3) is 0 Å². The van der Waals surface area contributed by atoms with Gasteiger partial charge in [0.2, 0.25) is 5.91 Å². The van der Waals surface area contributed by atoms with E-state index in [1.807, 2.05) is 30.3 Å². The van der Waals surface area contributed by atoms with E-state index in [-0.39, 0.29) is 17.5 Å². The minimum absolute atomic E-state index is 0.170. The molecule has 144 valence electrons. The highest BCUT2D eigenvalue weighted by atomic mass is 16.5. The first-order chi connectivity index (χ1) is 14.1. The van der Waals surface area contributed by atoms with Crippen LogP contribution in [0, 0.1) is 0 Å². The van der Waals surface area contributed by atoms with Crippen molar-refractivity contribution in [2.45, 2.75) is 12.8 Å². The van der Waals surface area contributed by atoms with Crippen molar-refractivity contribution in [3.05, 3.63) is 95.1 Å². The summed E-state index contributed by atoms with van der Waals surface area (Å²) in [7, 11) is 0. The Morgan fingerprint density at radius 3 is 2.10 bits per heavy atom. The Morgan fingerprint density at radius 1 is 0.759 bits per heavy atom. The lowest BCUT2D eigenvalue weighted by atomic mass is 9.84. The number of ether oxygens (including phenoxy) is 1. The van der Waals surface area contributed by atoms with E-state index in [1.54, 1.807) is 42.5 Å². The second-order valence-corrected chi connectivity index (χ2v) is 6.78. The highest BCUT2D eigenvalue weighted by molar-refractivity contribution is 6.28. The first-order valence-corrected chi connectivity index (χ1v) is 9.43. The number of hydrogen-bond acceptors (Lipinski definition) is 4. The van der Waals surface area contributed by atoms with Crippen molar-refractivity contribution in [1.29, 1.82) is 0 Å². The molecule has 3 aromatic rings. The van der Waals surface area contributed by atoms with Gasteiger partial charge in [0, 0.05) is 34.4 Å². The van der Waals surface area contributed by atoms with Gasteiger partial charge in [-0.3, -0.25) is 14.4 Å². The van der Waals surface area contributed by atoms with Crippen LogP contribution >= 0.6 is 0 Å². The molecule has 0 bridgehead atoms. The Hall–Kier alpha value is -3.73. The maximum Gasteiger partial charge on any atom is 0.224 e. The lowest BCUT2D eigenvalue weighted by Gasteiger charge is -2.18. The van der Waals surface area contributed by atoms with Gasteiger partial charge in [-0.25, -0.2) is 0 Å². The lowest BCUT2D eigenvalue weighted by Crippen LogP contribution is -2.21. The van der Waals surface area contributed by atoms with Gasteiger partial charge in [0.05, 0.1) is 6.61 Å². The topological polar surface area (TPSA) is 72.5 Å². The highest BCUT2D eigenvalue weighted by Crippen LogP contribution is 2.29. The number of fused-ring (bicyclic) bond motifs is 2. The fourth-order valence-corrected chi connectivity index (χ4v) is 3.34. The number of nitrogens with one attached hydrogen (secondary N) is 1. The quantitative estimate of drug-likeness (QED) is 0.504. The number of hydrogen-bond donors (Lipinski definition) is 1. The van der Waals surface area contributed by atoms with E-state index < -0.39 is 0 Å². The zero-order valence-corrected chi connectivity index (χ0v) is 15.7. The smallest absolute Gasteiger partial charge is 0.224 e. The minimum atomic E-state index is -0.206. The first kappa shape index (κ1) is 18.6. The third-order valence-electron chi connectivity index (χ3n) is 4.77. The van der Waals surface area contributed by atoms with Crippen molar-refractivity contribution >= 4 is 23.2 Å². The van der Waals surface area contributed by atoms with Gasteiger partial charge < -0.3 is 10.1 Å². The SMILES string of the molecule is O=C(CCCOc1ccccc1)Nc1ccc2c(c1)C(=O)c1ccccc1C2=O. The maximum absolute atomic E-state index is 12.8. The predicted molar refractivity (Wildman–Crippen MR) is 110 cm³/mol. The van der Waals surface area contributed by atoms with E-state index in [4.69, 9.17) is 4.74 Å². The Balaban J connectivity index is 1.38. The van der Waals surface area contributed by atoms with Gasteiger partial charge >= 0.3 is 0 Å². The summed E-state index contributed by atoms with van der Waals surface area (Å²) < 4.78 is 5.58. The number of anilines is 1. The Bertz CT molecular complexity index is 1090. The van der Waals surface area contributed by atoms with Gasteiger partial charge in [0.1, 0.15) is 5.75 Å². The fraction of sp³-hybridized carbons (Fsp3) is 0.125. The van der Waals surface area contributed by atoms with Crippen LogP contribution in [0.5, 0.6) is 5.75 Å². The average Bonchev–Trinajstić information content (AvgIpc) is 2.76. The third-order valence-corrected chi connectivity index (χ3v) is 4.77. The summed E-state index contributed by atoms with van der Waals surface area (Å²) in [4.78, 5) is 37.6. The molecule has 0 aliphatic heterocycles. The van der Waals surface area contributed by atoms with Crippen molar-refractivity contribution in [3.8, 4) is 5.75 Å². The second kappa shape index (κ2) is 8.10. The fourth-order valence-electron chi connectivity index (χ4n) is 3.34. The van der Waals surface area contributed by atoms with Gasteiger partial charge in [-0.1, -0.05) is 42.5 Å². The highest BCUT2D eigenvalue weighted by Gasteiger charge is 2.29. The van der Waals surface area contributed by atoms with E-state index in [2.05, 4.69) is 5.32 Å². The second-order valence-electron chi connectivity index (χ2n) is 6.78. The minimum Gasteiger partial charge on any atom is -0.494 e. The molecule has 0 radical (unpaired) electrons. The molecule has 0 atom stereocenters. The molecule has 1 aliphatic carbocycles. The number of para-hydroxylation sites is 1. The number of benzene rings is 3. The van der Waals surface area contributed by atoms with E-state index in [1.165, 1.54) is 0 Å². The molecule has 1 aliphatic rings. The molecule has 5 heteroatoms. The molecule has 0 heterocycles. The summed E-state index contributed by atoms with van der Waals surface area (Å²) >= 11 is 0. The van der Waals surface area contributed by atoms with Crippen molar-refractivity contribution in [1.82, 2.24) is 0 Å². The largest absolute Gasteiger partial charge is 0.494 e. The standard InChI is InChI=1S/C24H19NO4/c26-22(11-6-14-29-17-7-2-1-3-8-17)25-16-12-13-20-21(15-16)24(28)19-10-5-4-9-18(19)23(20)27/h1-5,7-10,12-13,15H,6,11,14H2,(H,25,26). The van der Waals surface area contributed by atoms with Crippen molar-refractivity contribution in [2.24, 2.45) is 0 Å². The predicted octanol–water partition coefficient (Wildman–Crippen LogP) is 4.26. The Morgan fingerprint density at radius 2 is 1.38 bits per heavy atom. The summed E-state index contributed by atoms with van der Waals surface area (Å²) in [5, 5.41) is 2.79. The monoisotopic (exact) mass is 385 g/mol. The normalized spacial score (nSPS) is 12.1. The molecule has 29 heavy (non-hydrogen) atoms. The lowest BCUT2D eigenvalue weighted by molar-refractivity contribution is -0.116. The van der Waals surface area contributed by atoms with E-state index >= 15 is 0 Å². The van der Waals surface area contributed by atoms with Crippen molar-refractivity contribution < 1.29 is 19.1 Å². The number of carbonyl (C=O) groups is 3. The number of amides is 1. The van der Waals surface area contributed by atoms with Crippen molar-refractivity contribution in [2.75, 3.05) is 11.9 Å². The van der Waals surface area contributed by atoms with Crippen LogP contribution in [0.1, 0.15) is 44.7 Å². The van der Waals surface area contributed by atoms with Crippen molar-refractivity contribution in [3.63, 3.8) is 0 Å². The molecular formula is C24H19NO4. The van der Waals surface area contributed by atoms with Gasteiger partial charge in [-0.05, 0) is 36.8 Å². The molecule has 3 aromatic carbocycles. The third kappa shape index (κ3) is 3.94. The molecule has 5 nitrogen and oxygen atoms in total. The zero-order chi connectivity index (χ0) is 20.2. The van der Waals surface area contributed by atoms with Crippen LogP contribution in [-0.2, 0) is 4.79 Å². The molecule has 1 N–H and O–H groups in total. The van der Waals surface area contributed by atoms with Crippen LogP contribution in [0.4, 0.5) is 5.69 Å². The number of rotatable bonds is 6. The molecular weight excluding hydrogens is 366 g/mol. The average molecular weight is 385 g/mol. The number of carbonyl (C=O) groups excluding carboxylic acids is 3. The Labute approximate surface area is 168 Å². The zero-order valence-electron chi connectivity index (χ0n) is 15.7. The summed E-state index contributed by atoms with van der Waals surface area (Å²) in [6.07, 6.45) is 0.857. The van der Waals surface area contributed by atoms with Crippen LogP contribution in [0.15, 0.2) is 72.8 Å². The molecule has 4 rings (SSSR count). The molecule has 0 saturated carbocycles. The summed E-state index contributed by atoms with van der Waals surface area (Å²) in [5.74, 6) is 0.219. The molecule has 0 aromatic heterocycles. The molecule has 0 saturated heterocycles. The van der Waals surface area contributed by atoms with Crippen LogP contribution < -0.4 is 10.1 Å². The molecule has 1 amide bonds. The number of ketones is 2. The van der Waals surface area contributed by atoms with Gasteiger partial charge in [-0.15, -0.1) is 0 Å². The molecule has 0 fully saturated rings. The molecule has 0 spiro atoms. The summed E-state index contributed by atoms with van der Waals surface area (Å²) in [6.45, 7) is 0.436. The van der Waals surface area contributed by atoms with Crippen LogP contribution in [0.2, 0.25) is 0 Å². The first-order valence-electron chi connectivity index (χ1n) is 9.43. The molecule has 0 unspecified atom stereocenters. The summed E-state index contributed by atoms with van der Waals surface area (Å²) in [6, 6.07) is 21.0. The van der Waals surface area contributed by atoms with Crippen LogP contribution in [0.3, 0.4) is 0 Å².